The molecule has 0 aliphatic heterocycles. The van der Waals surface area contributed by atoms with Gasteiger partial charge in [-0.2, -0.15) is 5.10 Å². The van der Waals surface area contributed by atoms with E-state index >= 15 is 0 Å². The number of fused-ring (bicyclic) bond motifs is 1. The molecule has 0 aliphatic rings. The van der Waals surface area contributed by atoms with Crippen molar-refractivity contribution >= 4 is 29.0 Å². The molecular weight excluding hydrogens is 312 g/mol. The molecule has 0 bridgehead atoms. The summed E-state index contributed by atoms with van der Waals surface area (Å²) in [6, 6.07) is 23.5. The molecule has 25 heavy (non-hydrogen) atoms. The number of carbonyl (C=O) groups is 1. The minimum absolute atomic E-state index is 0.0895. The summed E-state index contributed by atoms with van der Waals surface area (Å²) < 4.78 is 5.60. The van der Waals surface area contributed by atoms with E-state index in [2.05, 4.69) is 10.5 Å². The molecule has 0 fully saturated rings. The highest BCUT2D eigenvalue weighted by Crippen LogP contribution is 2.24. The van der Waals surface area contributed by atoms with Crippen LogP contribution in [0.25, 0.3) is 16.8 Å². The highest BCUT2D eigenvalue weighted by Gasteiger charge is 2.04. The number of amides is 1. The van der Waals surface area contributed by atoms with Gasteiger partial charge in [0.1, 0.15) is 5.75 Å². The summed E-state index contributed by atoms with van der Waals surface area (Å²) in [5.41, 5.74) is 3.51. The van der Waals surface area contributed by atoms with E-state index in [-0.39, 0.29) is 12.5 Å². The highest BCUT2D eigenvalue weighted by molar-refractivity contribution is 5.88. The summed E-state index contributed by atoms with van der Waals surface area (Å²) in [7, 11) is 0. The Kier molecular flexibility index (Phi) is 5.56. The van der Waals surface area contributed by atoms with Gasteiger partial charge in [0.25, 0.3) is 5.91 Å². The zero-order valence-corrected chi connectivity index (χ0v) is 13.6. The molecule has 0 saturated heterocycles. The fourth-order valence-electron chi connectivity index (χ4n) is 2.37. The van der Waals surface area contributed by atoms with Crippen LogP contribution in [0.2, 0.25) is 0 Å². The van der Waals surface area contributed by atoms with Gasteiger partial charge in [-0.05, 0) is 23.1 Å². The van der Waals surface area contributed by atoms with E-state index in [9.17, 15) is 4.79 Å². The number of rotatable bonds is 6. The van der Waals surface area contributed by atoms with Crippen molar-refractivity contribution in [1.29, 1.82) is 0 Å². The van der Waals surface area contributed by atoms with E-state index in [0.29, 0.717) is 5.75 Å². The normalized spacial score (nSPS) is 11.2. The number of ether oxygens (including phenoxy) is 1. The maximum absolute atomic E-state index is 11.8. The van der Waals surface area contributed by atoms with Crippen LogP contribution in [-0.2, 0) is 4.79 Å². The lowest BCUT2D eigenvalue weighted by molar-refractivity contribution is -0.123. The first kappa shape index (κ1) is 16.5. The van der Waals surface area contributed by atoms with Gasteiger partial charge in [0.2, 0.25) is 0 Å². The van der Waals surface area contributed by atoms with Crippen LogP contribution in [0.4, 0.5) is 0 Å². The molecule has 0 aromatic heterocycles. The van der Waals surface area contributed by atoms with Gasteiger partial charge < -0.3 is 4.74 Å². The van der Waals surface area contributed by atoms with Crippen molar-refractivity contribution in [1.82, 2.24) is 5.43 Å². The number of benzene rings is 3. The summed E-state index contributed by atoms with van der Waals surface area (Å²) in [6.45, 7) is -0.0895. The van der Waals surface area contributed by atoms with E-state index in [4.69, 9.17) is 4.74 Å². The maximum Gasteiger partial charge on any atom is 0.277 e. The van der Waals surface area contributed by atoms with Crippen LogP contribution in [0.1, 0.15) is 5.56 Å². The van der Waals surface area contributed by atoms with E-state index in [0.717, 1.165) is 16.3 Å². The van der Waals surface area contributed by atoms with Crippen LogP contribution < -0.4 is 10.2 Å². The Morgan fingerprint density at radius 1 is 0.960 bits per heavy atom. The Balaban J connectivity index is 1.49. The first-order valence-corrected chi connectivity index (χ1v) is 7.97. The van der Waals surface area contributed by atoms with E-state index in [1.54, 1.807) is 6.08 Å². The molecule has 0 saturated carbocycles. The second kappa shape index (κ2) is 8.45. The third-order valence-electron chi connectivity index (χ3n) is 3.55. The number of allylic oxidation sites excluding steroid dienone is 1. The van der Waals surface area contributed by atoms with Crippen molar-refractivity contribution in [3.63, 3.8) is 0 Å². The van der Waals surface area contributed by atoms with Gasteiger partial charge in [-0.3, -0.25) is 4.79 Å². The van der Waals surface area contributed by atoms with Crippen LogP contribution >= 0.6 is 0 Å². The highest BCUT2D eigenvalue weighted by atomic mass is 16.5. The fourth-order valence-corrected chi connectivity index (χ4v) is 2.37. The predicted octanol–water partition coefficient (Wildman–Crippen LogP) is 4.03. The summed E-state index contributed by atoms with van der Waals surface area (Å²) in [6.07, 6.45) is 5.20. The van der Waals surface area contributed by atoms with E-state index < -0.39 is 0 Å². The lowest BCUT2D eigenvalue weighted by atomic mass is 10.1. The van der Waals surface area contributed by atoms with Gasteiger partial charge in [-0.15, -0.1) is 0 Å². The van der Waals surface area contributed by atoms with Crippen molar-refractivity contribution in [3.05, 3.63) is 84.4 Å². The average molecular weight is 330 g/mol. The second-order valence-corrected chi connectivity index (χ2v) is 5.35. The van der Waals surface area contributed by atoms with Gasteiger partial charge in [-0.1, -0.05) is 72.8 Å². The summed E-state index contributed by atoms with van der Waals surface area (Å²) in [5, 5.41) is 5.92. The third kappa shape index (κ3) is 4.78. The molecule has 0 unspecified atom stereocenters. The van der Waals surface area contributed by atoms with Gasteiger partial charge in [0, 0.05) is 11.6 Å². The minimum Gasteiger partial charge on any atom is -0.483 e. The first-order valence-electron chi connectivity index (χ1n) is 7.97. The number of nitrogens with one attached hydrogen (secondary N) is 1. The molecule has 0 atom stereocenters. The fraction of sp³-hybridized carbons (Fsp3) is 0.0476. The third-order valence-corrected chi connectivity index (χ3v) is 3.55. The topological polar surface area (TPSA) is 50.7 Å². The summed E-state index contributed by atoms with van der Waals surface area (Å²) in [5.74, 6) is 0.374. The first-order chi connectivity index (χ1) is 12.3. The molecule has 0 aliphatic carbocycles. The van der Waals surface area contributed by atoms with Gasteiger partial charge in [0.05, 0.1) is 0 Å². The minimum atomic E-state index is -0.308. The molecule has 1 N–H and O–H groups in total. The lowest BCUT2D eigenvalue weighted by Gasteiger charge is -2.08. The molecule has 3 aromatic carbocycles. The van der Waals surface area contributed by atoms with Gasteiger partial charge in [-0.25, -0.2) is 5.43 Å². The molecule has 124 valence electrons. The average Bonchev–Trinajstić information content (AvgIpc) is 2.67. The van der Waals surface area contributed by atoms with E-state index in [1.807, 2.05) is 78.9 Å². The number of hydrazone groups is 1. The summed E-state index contributed by atoms with van der Waals surface area (Å²) in [4.78, 5) is 11.8. The molecule has 4 nitrogen and oxygen atoms in total. The van der Waals surface area contributed by atoms with Crippen molar-refractivity contribution in [2.75, 3.05) is 6.61 Å². The van der Waals surface area contributed by atoms with Gasteiger partial charge >= 0.3 is 0 Å². The molecule has 3 aromatic rings. The van der Waals surface area contributed by atoms with Gasteiger partial charge in [0.15, 0.2) is 6.61 Å². The smallest absolute Gasteiger partial charge is 0.277 e. The Morgan fingerprint density at radius 3 is 2.60 bits per heavy atom. The monoisotopic (exact) mass is 330 g/mol. The Bertz CT molecular complexity index is 897. The maximum atomic E-state index is 11.8. The SMILES string of the molecule is O=C(COc1cccc2ccccc12)NN=C/C=C/c1ccccc1. The second-order valence-electron chi connectivity index (χ2n) is 5.35. The van der Waals surface area contributed by atoms with Crippen molar-refractivity contribution in [2.24, 2.45) is 5.10 Å². The number of nitrogens with zero attached hydrogens (tertiary/aromatic N) is 1. The number of hydrogen-bond acceptors (Lipinski definition) is 3. The zero-order chi connectivity index (χ0) is 17.3. The standard InChI is InChI=1S/C21H18N2O2/c24-21(23-22-15-7-10-17-8-2-1-3-9-17)16-25-20-14-6-12-18-11-4-5-13-19(18)20/h1-15H,16H2,(H,23,24)/b10-7+,22-15?. The molecule has 0 heterocycles. The molecular formula is C21H18N2O2. The lowest BCUT2D eigenvalue weighted by Crippen LogP contribution is -2.24. The number of hydrogen-bond donors (Lipinski definition) is 1. The molecule has 1 amide bonds. The molecule has 4 heteroatoms. The Morgan fingerprint density at radius 2 is 1.72 bits per heavy atom. The van der Waals surface area contributed by atoms with Crippen LogP contribution in [0, 0.1) is 0 Å². The zero-order valence-electron chi connectivity index (χ0n) is 13.6. The van der Waals surface area contributed by atoms with Crippen LogP contribution in [0.15, 0.2) is 84.0 Å². The molecule has 0 radical (unpaired) electrons. The van der Waals surface area contributed by atoms with Crippen LogP contribution in [0.5, 0.6) is 5.75 Å². The largest absolute Gasteiger partial charge is 0.483 e. The van der Waals surface area contributed by atoms with Crippen molar-refractivity contribution in [2.45, 2.75) is 0 Å². The van der Waals surface area contributed by atoms with E-state index in [1.165, 1.54) is 6.21 Å². The quantitative estimate of drug-likeness (QED) is 0.548. The molecule has 3 rings (SSSR count). The Labute approximate surface area is 146 Å². The van der Waals surface area contributed by atoms with Crippen LogP contribution in [-0.4, -0.2) is 18.7 Å². The van der Waals surface area contributed by atoms with Crippen LogP contribution in [0.3, 0.4) is 0 Å². The van der Waals surface area contributed by atoms with Crippen molar-refractivity contribution in [3.8, 4) is 5.75 Å². The molecule has 0 spiro atoms. The number of carbonyl (C=O) groups excluding carboxylic acids is 1. The summed E-state index contributed by atoms with van der Waals surface area (Å²) >= 11 is 0. The van der Waals surface area contributed by atoms with Crippen molar-refractivity contribution < 1.29 is 9.53 Å². The predicted molar refractivity (Wildman–Crippen MR) is 102 cm³/mol. The Hall–Kier alpha value is -3.40.